The van der Waals surface area contributed by atoms with Gasteiger partial charge in [0.25, 0.3) is 0 Å². The molecule has 2 aromatic carbocycles. The number of alkyl halides is 3. The molecule has 2 bridgehead atoms. The van der Waals surface area contributed by atoms with Crippen molar-refractivity contribution in [2.45, 2.75) is 63.7 Å². The van der Waals surface area contributed by atoms with Gasteiger partial charge in [0.1, 0.15) is 5.75 Å². The number of pyridine rings is 1. The number of benzene rings is 2. The molecule has 3 aromatic rings. The van der Waals surface area contributed by atoms with Gasteiger partial charge in [0.2, 0.25) is 0 Å². The van der Waals surface area contributed by atoms with Crippen molar-refractivity contribution in [3.8, 4) is 5.75 Å². The highest BCUT2D eigenvalue weighted by atomic mass is 19.4. The van der Waals surface area contributed by atoms with Crippen molar-refractivity contribution in [1.29, 1.82) is 0 Å². The van der Waals surface area contributed by atoms with Crippen molar-refractivity contribution in [1.82, 2.24) is 9.88 Å². The van der Waals surface area contributed by atoms with Crippen molar-refractivity contribution in [2.24, 2.45) is 0 Å². The number of para-hydroxylation sites is 1. The Bertz CT molecular complexity index is 1150. The maximum atomic E-state index is 13.6. The van der Waals surface area contributed by atoms with Crippen molar-refractivity contribution < 1.29 is 17.9 Å². The lowest BCUT2D eigenvalue weighted by atomic mass is 10.0. The SMILES string of the molecule is Cc1cc(Nc2cc(OCCCN3C4CCCC3CC4)cc(C(F)(F)F)c2)c2ccccc2n1. The lowest BCUT2D eigenvalue weighted by Gasteiger charge is -2.34. The summed E-state index contributed by atoms with van der Waals surface area (Å²) in [7, 11) is 0. The summed E-state index contributed by atoms with van der Waals surface area (Å²) < 4.78 is 46.7. The highest BCUT2D eigenvalue weighted by Crippen LogP contribution is 2.37. The lowest BCUT2D eigenvalue weighted by molar-refractivity contribution is -0.137. The van der Waals surface area contributed by atoms with Crippen LogP contribution in [0.4, 0.5) is 24.5 Å². The minimum absolute atomic E-state index is 0.231. The number of hydrogen-bond donors (Lipinski definition) is 1. The maximum Gasteiger partial charge on any atom is 0.416 e. The van der Waals surface area contributed by atoms with Crippen LogP contribution in [0.2, 0.25) is 0 Å². The Morgan fingerprint density at radius 1 is 1.03 bits per heavy atom. The molecule has 4 nitrogen and oxygen atoms in total. The third kappa shape index (κ3) is 4.99. The Kier molecular flexibility index (Phi) is 6.38. The van der Waals surface area contributed by atoms with E-state index in [9.17, 15) is 13.2 Å². The Balaban J connectivity index is 1.31. The Morgan fingerprint density at radius 3 is 2.56 bits per heavy atom. The summed E-state index contributed by atoms with van der Waals surface area (Å²) in [5, 5.41) is 4.03. The van der Waals surface area contributed by atoms with Crippen molar-refractivity contribution >= 4 is 22.3 Å². The van der Waals surface area contributed by atoms with Gasteiger partial charge in [0.05, 0.1) is 17.7 Å². The maximum absolute atomic E-state index is 13.6. The minimum atomic E-state index is -4.46. The van der Waals surface area contributed by atoms with Gasteiger partial charge < -0.3 is 10.1 Å². The molecule has 1 aromatic heterocycles. The second kappa shape index (κ2) is 9.45. The van der Waals surface area contributed by atoms with Gasteiger partial charge >= 0.3 is 6.18 Å². The molecular formula is C27H30F3N3O. The van der Waals surface area contributed by atoms with Gasteiger partial charge in [-0.05, 0) is 63.3 Å². The first-order valence-electron chi connectivity index (χ1n) is 12.1. The molecule has 2 aliphatic heterocycles. The number of anilines is 2. The molecule has 2 fully saturated rings. The average molecular weight is 470 g/mol. The van der Waals surface area contributed by atoms with Crippen LogP contribution >= 0.6 is 0 Å². The van der Waals surface area contributed by atoms with Crippen LogP contribution < -0.4 is 10.1 Å². The van der Waals surface area contributed by atoms with E-state index in [1.54, 1.807) is 6.07 Å². The van der Waals surface area contributed by atoms with Crippen molar-refractivity contribution in [2.75, 3.05) is 18.5 Å². The fraction of sp³-hybridized carbons (Fsp3) is 0.444. The molecule has 0 spiro atoms. The number of hydrogen-bond acceptors (Lipinski definition) is 4. The largest absolute Gasteiger partial charge is 0.493 e. The van der Waals surface area contributed by atoms with E-state index in [4.69, 9.17) is 4.74 Å². The molecular weight excluding hydrogens is 439 g/mol. The van der Waals surface area contributed by atoms with Gasteiger partial charge in [-0.2, -0.15) is 13.2 Å². The molecule has 34 heavy (non-hydrogen) atoms. The number of fused-ring (bicyclic) bond motifs is 3. The van der Waals surface area contributed by atoms with Gasteiger partial charge in [-0.3, -0.25) is 9.88 Å². The summed E-state index contributed by atoms with van der Waals surface area (Å²) in [4.78, 5) is 7.09. The molecule has 3 heterocycles. The fourth-order valence-electron chi connectivity index (χ4n) is 5.51. The highest BCUT2D eigenvalue weighted by Gasteiger charge is 2.35. The molecule has 2 saturated heterocycles. The molecule has 2 aliphatic rings. The van der Waals surface area contributed by atoms with E-state index in [2.05, 4.69) is 15.2 Å². The number of halogens is 3. The topological polar surface area (TPSA) is 37.4 Å². The third-order valence-corrected chi connectivity index (χ3v) is 7.03. The number of ether oxygens (including phenoxy) is 1. The summed E-state index contributed by atoms with van der Waals surface area (Å²) in [6.45, 7) is 3.21. The molecule has 0 amide bonds. The quantitative estimate of drug-likeness (QED) is 0.375. The van der Waals surface area contributed by atoms with Crippen LogP contribution in [-0.4, -0.2) is 35.1 Å². The van der Waals surface area contributed by atoms with E-state index in [0.29, 0.717) is 30.1 Å². The Labute approximate surface area is 198 Å². The van der Waals surface area contributed by atoms with Gasteiger partial charge in [-0.1, -0.05) is 24.6 Å². The second-order valence-corrected chi connectivity index (χ2v) is 9.45. The Morgan fingerprint density at radius 2 is 1.79 bits per heavy atom. The molecule has 0 radical (unpaired) electrons. The highest BCUT2D eigenvalue weighted by molar-refractivity contribution is 5.93. The van der Waals surface area contributed by atoms with Crippen LogP contribution in [0.5, 0.6) is 5.75 Å². The number of nitrogens with zero attached hydrogens (tertiary/aromatic N) is 2. The molecule has 5 rings (SSSR count). The smallest absolute Gasteiger partial charge is 0.416 e. The zero-order valence-corrected chi connectivity index (χ0v) is 19.4. The molecule has 7 heteroatoms. The average Bonchev–Trinajstić information content (AvgIpc) is 3.01. The van der Waals surface area contributed by atoms with Gasteiger partial charge in [-0.15, -0.1) is 0 Å². The summed E-state index contributed by atoms with van der Waals surface area (Å²) in [6.07, 6.45) is 2.74. The number of rotatable bonds is 7. The number of nitrogens with one attached hydrogen (secondary N) is 1. The van der Waals surface area contributed by atoms with Crippen molar-refractivity contribution in [3.05, 3.63) is 59.8 Å². The lowest BCUT2D eigenvalue weighted by Crippen LogP contribution is -2.40. The molecule has 180 valence electrons. The predicted octanol–water partition coefficient (Wildman–Crippen LogP) is 7.09. The van der Waals surface area contributed by atoms with Crippen LogP contribution in [-0.2, 0) is 6.18 Å². The van der Waals surface area contributed by atoms with Crippen molar-refractivity contribution in [3.63, 3.8) is 0 Å². The molecule has 0 aliphatic carbocycles. The second-order valence-electron chi connectivity index (χ2n) is 9.45. The number of piperidine rings is 1. The summed E-state index contributed by atoms with van der Waals surface area (Å²) in [6, 6.07) is 14.6. The number of aromatic nitrogens is 1. The van der Waals surface area contributed by atoms with E-state index < -0.39 is 11.7 Å². The minimum Gasteiger partial charge on any atom is -0.493 e. The predicted molar refractivity (Wildman–Crippen MR) is 129 cm³/mol. The third-order valence-electron chi connectivity index (χ3n) is 7.03. The fourth-order valence-corrected chi connectivity index (χ4v) is 5.51. The zero-order valence-electron chi connectivity index (χ0n) is 19.4. The van der Waals surface area contributed by atoms with Crippen LogP contribution in [0.15, 0.2) is 48.5 Å². The van der Waals surface area contributed by atoms with Crippen LogP contribution in [0.3, 0.4) is 0 Å². The summed E-state index contributed by atoms with van der Waals surface area (Å²) in [5.74, 6) is 0.231. The van der Waals surface area contributed by atoms with Crippen LogP contribution in [0.1, 0.15) is 49.8 Å². The van der Waals surface area contributed by atoms with Gasteiger partial charge in [0.15, 0.2) is 0 Å². The van der Waals surface area contributed by atoms with E-state index >= 15 is 0 Å². The van der Waals surface area contributed by atoms with E-state index in [-0.39, 0.29) is 5.75 Å². The first-order chi connectivity index (χ1) is 16.4. The van der Waals surface area contributed by atoms with E-state index in [1.807, 2.05) is 37.3 Å². The van der Waals surface area contributed by atoms with Crippen LogP contribution in [0, 0.1) is 6.92 Å². The van der Waals surface area contributed by atoms with Gasteiger partial charge in [0, 0.05) is 47.1 Å². The standard InChI is InChI=1S/C27H30F3N3O/c1-18-14-26(24-8-2-3-9-25(24)31-18)32-20-15-19(27(28,29)30)16-23(17-20)34-13-5-12-33-21-6-4-7-22(33)11-10-21/h2-3,8-9,14-17,21-22H,4-7,10-13H2,1H3,(H,31,32). The summed E-state index contributed by atoms with van der Waals surface area (Å²) >= 11 is 0. The monoisotopic (exact) mass is 469 g/mol. The first-order valence-corrected chi connectivity index (χ1v) is 12.1. The normalized spacial score (nSPS) is 20.6. The molecule has 2 atom stereocenters. The molecule has 0 saturated carbocycles. The van der Waals surface area contributed by atoms with Crippen LogP contribution in [0.25, 0.3) is 10.9 Å². The van der Waals surface area contributed by atoms with E-state index in [0.717, 1.165) is 41.7 Å². The first kappa shape index (κ1) is 23.0. The van der Waals surface area contributed by atoms with E-state index in [1.165, 1.54) is 32.1 Å². The Hall–Kier alpha value is -2.80. The summed E-state index contributed by atoms with van der Waals surface area (Å²) in [5.41, 5.74) is 1.91. The number of aryl methyl sites for hydroxylation is 1. The zero-order chi connectivity index (χ0) is 23.7. The molecule has 1 N–H and O–H groups in total. The van der Waals surface area contributed by atoms with Gasteiger partial charge in [-0.25, -0.2) is 0 Å². The molecule has 2 unspecified atom stereocenters.